The zero-order valence-electron chi connectivity index (χ0n) is 10.8. The van der Waals surface area contributed by atoms with E-state index in [1.807, 2.05) is 29.6 Å². The molecule has 1 aromatic heterocycles. The number of hydrogen-bond donors (Lipinski definition) is 0. The second-order valence-corrected chi connectivity index (χ2v) is 8.48. The number of carbonyl (C=O) groups is 1. The molecule has 1 heterocycles. The van der Waals surface area contributed by atoms with Crippen LogP contribution in [0.3, 0.4) is 0 Å². The lowest BCUT2D eigenvalue weighted by atomic mass is 10.0. The molecule has 0 saturated heterocycles. The summed E-state index contributed by atoms with van der Waals surface area (Å²) in [6, 6.07) is 4.07. The van der Waals surface area contributed by atoms with Crippen LogP contribution >= 0.6 is 34.9 Å². The minimum atomic E-state index is 0.318. The molecule has 18 heavy (non-hydrogen) atoms. The molecule has 1 fully saturated rings. The van der Waals surface area contributed by atoms with Crippen LogP contribution in [0.15, 0.2) is 16.3 Å². The maximum Gasteiger partial charge on any atom is 0.182 e. The van der Waals surface area contributed by atoms with E-state index in [1.54, 1.807) is 11.3 Å². The first-order chi connectivity index (χ1) is 8.79. The van der Waals surface area contributed by atoms with Crippen molar-refractivity contribution >= 4 is 40.6 Å². The summed E-state index contributed by atoms with van der Waals surface area (Å²) in [6.07, 6.45) is 6.69. The molecule has 0 atom stereocenters. The van der Waals surface area contributed by atoms with Gasteiger partial charge in [-0.2, -0.15) is 11.8 Å². The summed E-state index contributed by atoms with van der Waals surface area (Å²) < 4.78 is 1.27. The number of Topliss-reactive ketones (excluding diaryl/α,β-unsaturated/α-hetero) is 1. The Morgan fingerprint density at radius 3 is 2.83 bits per heavy atom. The quantitative estimate of drug-likeness (QED) is 0.537. The van der Waals surface area contributed by atoms with Crippen molar-refractivity contribution in [3.05, 3.63) is 17.0 Å². The molecule has 1 nitrogen and oxygen atoms in total. The first kappa shape index (κ1) is 14.5. The van der Waals surface area contributed by atoms with Gasteiger partial charge in [-0.1, -0.05) is 26.2 Å². The molecule has 4 heteroatoms. The van der Waals surface area contributed by atoms with Crippen LogP contribution in [0.1, 0.15) is 48.7 Å². The molecule has 0 aliphatic heterocycles. The van der Waals surface area contributed by atoms with Crippen molar-refractivity contribution in [2.75, 3.05) is 11.5 Å². The van der Waals surface area contributed by atoms with Crippen LogP contribution in [-0.2, 0) is 0 Å². The van der Waals surface area contributed by atoms with Crippen molar-refractivity contribution in [3.8, 4) is 0 Å². The number of thiophene rings is 1. The Balaban J connectivity index is 1.79. The third kappa shape index (κ3) is 4.32. The lowest BCUT2D eigenvalue weighted by Crippen LogP contribution is -2.11. The predicted molar refractivity (Wildman–Crippen MR) is 84.4 cm³/mol. The average Bonchev–Trinajstić information content (AvgIpc) is 2.86. The summed E-state index contributed by atoms with van der Waals surface area (Å²) in [4.78, 5) is 13.0. The molecule has 0 bridgehead atoms. The highest BCUT2D eigenvalue weighted by Gasteiger charge is 2.16. The molecular formula is C14H20OS3. The summed E-state index contributed by atoms with van der Waals surface area (Å²) >= 11 is 5.34. The molecule has 100 valence electrons. The Hall–Kier alpha value is 0.0700. The maximum atomic E-state index is 12.1. The van der Waals surface area contributed by atoms with Gasteiger partial charge in [-0.05, 0) is 30.7 Å². The van der Waals surface area contributed by atoms with Crippen molar-refractivity contribution in [3.63, 3.8) is 0 Å². The molecule has 0 unspecified atom stereocenters. The molecular weight excluding hydrogens is 280 g/mol. The number of rotatable bonds is 6. The van der Waals surface area contributed by atoms with Crippen LogP contribution in [0.25, 0.3) is 0 Å². The van der Waals surface area contributed by atoms with E-state index >= 15 is 0 Å². The molecule has 1 aromatic rings. The largest absolute Gasteiger partial charge is 0.292 e. The lowest BCUT2D eigenvalue weighted by Gasteiger charge is -2.20. The SMILES string of the molecule is CCSc1ccc(C(=O)CSC2CCCCC2)s1. The van der Waals surface area contributed by atoms with Crippen molar-refractivity contribution < 1.29 is 4.79 Å². The molecule has 1 aliphatic carbocycles. The van der Waals surface area contributed by atoms with Gasteiger partial charge in [0, 0.05) is 5.25 Å². The van der Waals surface area contributed by atoms with Gasteiger partial charge in [-0.3, -0.25) is 4.79 Å². The Bertz CT molecular complexity index is 380. The van der Waals surface area contributed by atoms with E-state index in [2.05, 4.69) is 13.0 Å². The monoisotopic (exact) mass is 300 g/mol. The normalized spacial score (nSPS) is 16.9. The van der Waals surface area contributed by atoms with Crippen LogP contribution in [0, 0.1) is 0 Å². The van der Waals surface area contributed by atoms with Crippen LogP contribution in [0.2, 0.25) is 0 Å². The van der Waals surface area contributed by atoms with Crippen molar-refractivity contribution in [2.45, 2.75) is 48.5 Å². The standard InChI is InChI=1S/C14H20OS3/c1-2-16-14-9-8-13(18-14)12(15)10-17-11-6-4-3-5-7-11/h8-9,11H,2-7,10H2,1H3. The summed E-state index contributed by atoms with van der Waals surface area (Å²) in [7, 11) is 0. The number of thioether (sulfide) groups is 2. The number of hydrogen-bond acceptors (Lipinski definition) is 4. The summed E-state index contributed by atoms with van der Waals surface area (Å²) in [5, 5.41) is 0.729. The van der Waals surface area contributed by atoms with Crippen molar-refractivity contribution in [2.24, 2.45) is 0 Å². The average molecular weight is 301 g/mol. The van der Waals surface area contributed by atoms with Crippen LogP contribution in [-0.4, -0.2) is 22.5 Å². The van der Waals surface area contributed by atoms with Crippen LogP contribution in [0.5, 0.6) is 0 Å². The summed E-state index contributed by atoms with van der Waals surface area (Å²) in [5.74, 6) is 2.06. The fourth-order valence-electron chi connectivity index (χ4n) is 2.19. The van der Waals surface area contributed by atoms with Crippen LogP contribution in [0.4, 0.5) is 0 Å². The van der Waals surface area contributed by atoms with Gasteiger partial charge in [0.15, 0.2) is 5.78 Å². The van der Waals surface area contributed by atoms with Gasteiger partial charge < -0.3 is 0 Å². The Labute approximate surface area is 122 Å². The first-order valence-corrected chi connectivity index (χ1v) is 9.52. The highest BCUT2D eigenvalue weighted by atomic mass is 32.2. The molecule has 1 aliphatic rings. The van der Waals surface area contributed by atoms with Crippen molar-refractivity contribution in [1.29, 1.82) is 0 Å². The Morgan fingerprint density at radius 2 is 2.11 bits per heavy atom. The highest BCUT2D eigenvalue weighted by molar-refractivity contribution is 8.01. The second kappa shape index (κ2) is 7.61. The van der Waals surface area contributed by atoms with E-state index in [-0.39, 0.29) is 0 Å². The molecule has 0 spiro atoms. The van der Waals surface area contributed by atoms with E-state index < -0.39 is 0 Å². The van der Waals surface area contributed by atoms with E-state index in [0.29, 0.717) is 11.5 Å². The topological polar surface area (TPSA) is 17.1 Å². The molecule has 0 radical (unpaired) electrons. The number of ketones is 1. The van der Waals surface area contributed by atoms with Gasteiger partial charge in [0.25, 0.3) is 0 Å². The van der Waals surface area contributed by atoms with Gasteiger partial charge in [0.05, 0.1) is 14.8 Å². The van der Waals surface area contributed by atoms with Crippen molar-refractivity contribution in [1.82, 2.24) is 0 Å². The molecule has 1 saturated carbocycles. The fraction of sp³-hybridized carbons (Fsp3) is 0.643. The molecule has 0 aromatic carbocycles. The van der Waals surface area contributed by atoms with E-state index in [9.17, 15) is 4.79 Å². The minimum Gasteiger partial charge on any atom is -0.292 e. The van der Waals surface area contributed by atoms with E-state index in [4.69, 9.17) is 0 Å². The molecule has 0 amide bonds. The predicted octanol–water partition coefficient (Wildman–Crippen LogP) is 5.11. The van der Waals surface area contributed by atoms with Gasteiger partial charge in [0.1, 0.15) is 0 Å². The van der Waals surface area contributed by atoms with Gasteiger partial charge in [-0.25, -0.2) is 0 Å². The van der Waals surface area contributed by atoms with Gasteiger partial charge in [-0.15, -0.1) is 23.1 Å². The van der Waals surface area contributed by atoms with Crippen LogP contribution < -0.4 is 0 Å². The number of carbonyl (C=O) groups excluding carboxylic acids is 1. The zero-order valence-corrected chi connectivity index (χ0v) is 13.3. The maximum absolute atomic E-state index is 12.1. The zero-order chi connectivity index (χ0) is 12.8. The Kier molecular flexibility index (Phi) is 6.12. The molecule has 2 rings (SSSR count). The van der Waals surface area contributed by atoms with E-state index in [0.717, 1.165) is 15.9 Å². The summed E-state index contributed by atoms with van der Waals surface area (Å²) in [5.41, 5.74) is 0. The lowest BCUT2D eigenvalue weighted by molar-refractivity contribution is 0.102. The molecule has 0 N–H and O–H groups in total. The highest BCUT2D eigenvalue weighted by Crippen LogP contribution is 2.31. The fourth-order valence-corrected chi connectivity index (χ4v) is 5.47. The summed E-state index contributed by atoms with van der Waals surface area (Å²) in [6.45, 7) is 2.14. The Morgan fingerprint density at radius 1 is 1.33 bits per heavy atom. The van der Waals surface area contributed by atoms with Gasteiger partial charge in [0.2, 0.25) is 0 Å². The minimum absolute atomic E-state index is 0.318. The van der Waals surface area contributed by atoms with E-state index in [1.165, 1.54) is 36.3 Å². The second-order valence-electron chi connectivity index (χ2n) is 4.55. The first-order valence-electron chi connectivity index (χ1n) is 6.67. The third-order valence-electron chi connectivity index (χ3n) is 3.15. The smallest absolute Gasteiger partial charge is 0.182 e. The third-order valence-corrected chi connectivity index (χ3v) is 6.75. The van der Waals surface area contributed by atoms with Gasteiger partial charge >= 0.3 is 0 Å².